The number of hydrogen-bond acceptors (Lipinski definition) is 4. The Hall–Kier alpha value is -0.610. The lowest BCUT2D eigenvalue weighted by molar-refractivity contribution is -0.160. The maximum atomic E-state index is 11.2. The predicted octanol–water partition coefficient (Wildman–Crippen LogP) is 0.689. The molecule has 0 aromatic rings. The molecule has 1 aliphatic rings. The lowest BCUT2D eigenvalue weighted by atomic mass is 10.0. The van der Waals surface area contributed by atoms with Gasteiger partial charge in [0.15, 0.2) is 5.60 Å². The summed E-state index contributed by atoms with van der Waals surface area (Å²) in [6.45, 7) is 3.93. The summed E-state index contributed by atoms with van der Waals surface area (Å²) in [5, 5.41) is 13.0. The van der Waals surface area contributed by atoms with Gasteiger partial charge < -0.3 is 15.2 Å². The van der Waals surface area contributed by atoms with Crippen molar-refractivity contribution in [3.05, 3.63) is 0 Å². The van der Waals surface area contributed by atoms with Gasteiger partial charge in [0.1, 0.15) is 0 Å². The third kappa shape index (κ3) is 3.18. The molecule has 1 rings (SSSR count). The van der Waals surface area contributed by atoms with E-state index in [0.717, 1.165) is 6.42 Å². The number of methoxy groups -OCH3 is 1. The lowest BCUT2D eigenvalue weighted by Crippen LogP contribution is -2.48. The van der Waals surface area contributed by atoms with Gasteiger partial charge >= 0.3 is 5.97 Å². The van der Waals surface area contributed by atoms with Gasteiger partial charge in [0.05, 0.1) is 7.11 Å². The Bertz CT molecular complexity index is 228. The number of carbonyl (C=O) groups is 1. The Labute approximate surface area is 91.0 Å². The number of ether oxygens (including phenoxy) is 1. The average molecular weight is 215 g/mol. The van der Waals surface area contributed by atoms with Crippen LogP contribution in [0.4, 0.5) is 0 Å². The van der Waals surface area contributed by atoms with E-state index in [0.29, 0.717) is 12.0 Å². The molecule has 4 heteroatoms. The van der Waals surface area contributed by atoms with E-state index in [-0.39, 0.29) is 6.54 Å². The number of aliphatic hydroxyl groups is 1. The van der Waals surface area contributed by atoms with Crippen LogP contribution in [0, 0.1) is 5.92 Å². The quantitative estimate of drug-likeness (QED) is 0.677. The maximum absolute atomic E-state index is 11.2. The molecule has 0 heterocycles. The van der Waals surface area contributed by atoms with Gasteiger partial charge in [0.2, 0.25) is 0 Å². The number of esters is 1. The smallest absolute Gasteiger partial charge is 0.338 e. The molecule has 0 radical (unpaired) electrons. The van der Waals surface area contributed by atoms with Crippen LogP contribution in [-0.4, -0.2) is 36.4 Å². The van der Waals surface area contributed by atoms with Crippen molar-refractivity contribution in [1.29, 1.82) is 0 Å². The topological polar surface area (TPSA) is 58.6 Å². The fraction of sp³-hybridized carbons (Fsp3) is 0.909. The van der Waals surface area contributed by atoms with E-state index >= 15 is 0 Å². The van der Waals surface area contributed by atoms with Crippen LogP contribution >= 0.6 is 0 Å². The summed E-state index contributed by atoms with van der Waals surface area (Å²) in [5.74, 6) is 0.0408. The van der Waals surface area contributed by atoms with E-state index in [1.54, 1.807) is 0 Å². The van der Waals surface area contributed by atoms with Crippen molar-refractivity contribution in [2.45, 2.75) is 44.8 Å². The zero-order valence-electron chi connectivity index (χ0n) is 9.75. The van der Waals surface area contributed by atoms with E-state index in [2.05, 4.69) is 17.0 Å². The number of rotatable bonds is 4. The Morgan fingerprint density at radius 3 is 2.73 bits per heavy atom. The maximum Gasteiger partial charge on any atom is 0.338 e. The van der Waals surface area contributed by atoms with E-state index in [1.165, 1.54) is 26.9 Å². The van der Waals surface area contributed by atoms with Gasteiger partial charge in [0.25, 0.3) is 0 Å². The molecule has 3 atom stereocenters. The zero-order valence-corrected chi connectivity index (χ0v) is 9.75. The highest BCUT2D eigenvalue weighted by molar-refractivity contribution is 5.78. The largest absolute Gasteiger partial charge is 0.467 e. The first-order chi connectivity index (χ1) is 6.97. The Kier molecular flexibility index (Phi) is 4.11. The standard InChI is InChI=1S/C11H21NO3/c1-8-5-4-6-9(8)12-7-11(2,14)10(13)15-3/h8-9,12,14H,4-7H2,1-3H3. The summed E-state index contributed by atoms with van der Waals surface area (Å²) in [6, 6.07) is 0.418. The summed E-state index contributed by atoms with van der Waals surface area (Å²) < 4.78 is 4.53. The first kappa shape index (κ1) is 12.5. The lowest BCUT2D eigenvalue weighted by Gasteiger charge is -2.25. The molecule has 15 heavy (non-hydrogen) atoms. The molecular formula is C11H21NO3. The molecular weight excluding hydrogens is 194 g/mol. The molecule has 88 valence electrons. The van der Waals surface area contributed by atoms with Gasteiger partial charge in [0, 0.05) is 12.6 Å². The van der Waals surface area contributed by atoms with Crippen LogP contribution in [0.25, 0.3) is 0 Å². The van der Waals surface area contributed by atoms with E-state index in [4.69, 9.17) is 0 Å². The van der Waals surface area contributed by atoms with Crippen LogP contribution in [0.3, 0.4) is 0 Å². The van der Waals surface area contributed by atoms with E-state index in [9.17, 15) is 9.90 Å². The minimum absolute atomic E-state index is 0.259. The van der Waals surface area contributed by atoms with E-state index < -0.39 is 11.6 Å². The third-order valence-electron chi connectivity index (χ3n) is 3.20. The first-order valence-electron chi connectivity index (χ1n) is 5.51. The van der Waals surface area contributed by atoms with Crippen LogP contribution in [0.2, 0.25) is 0 Å². The fourth-order valence-corrected chi connectivity index (χ4v) is 2.07. The van der Waals surface area contributed by atoms with Gasteiger partial charge in [-0.05, 0) is 25.7 Å². The zero-order chi connectivity index (χ0) is 11.5. The monoisotopic (exact) mass is 215 g/mol. The van der Waals surface area contributed by atoms with Crippen LogP contribution < -0.4 is 5.32 Å². The molecule has 4 nitrogen and oxygen atoms in total. The minimum atomic E-state index is -1.42. The van der Waals surface area contributed by atoms with E-state index in [1.807, 2.05) is 0 Å². The molecule has 0 saturated heterocycles. The van der Waals surface area contributed by atoms with Crippen molar-refractivity contribution >= 4 is 5.97 Å². The highest BCUT2D eigenvalue weighted by Gasteiger charge is 2.33. The Morgan fingerprint density at radius 2 is 2.27 bits per heavy atom. The second kappa shape index (κ2) is 4.94. The molecule has 1 fully saturated rings. The Balaban J connectivity index is 2.38. The van der Waals surface area contributed by atoms with Gasteiger partial charge in [-0.1, -0.05) is 13.3 Å². The van der Waals surface area contributed by atoms with Crippen molar-refractivity contribution in [2.75, 3.05) is 13.7 Å². The number of carbonyl (C=O) groups excluding carboxylic acids is 1. The Morgan fingerprint density at radius 1 is 1.60 bits per heavy atom. The van der Waals surface area contributed by atoms with Crippen molar-refractivity contribution in [3.63, 3.8) is 0 Å². The van der Waals surface area contributed by atoms with Gasteiger partial charge in [-0.15, -0.1) is 0 Å². The SMILES string of the molecule is COC(=O)C(C)(O)CNC1CCCC1C. The molecule has 0 aromatic heterocycles. The molecule has 1 aliphatic carbocycles. The molecule has 0 bridgehead atoms. The highest BCUT2D eigenvalue weighted by atomic mass is 16.5. The van der Waals surface area contributed by atoms with Crippen molar-refractivity contribution in [1.82, 2.24) is 5.32 Å². The molecule has 2 N–H and O–H groups in total. The van der Waals surface area contributed by atoms with Gasteiger partial charge in [-0.25, -0.2) is 4.79 Å². The summed E-state index contributed by atoms with van der Waals surface area (Å²) in [5.41, 5.74) is -1.42. The molecule has 0 aromatic carbocycles. The minimum Gasteiger partial charge on any atom is -0.467 e. The average Bonchev–Trinajstić information content (AvgIpc) is 2.60. The van der Waals surface area contributed by atoms with Crippen LogP contribution in [0.5, 0.6) is 0 Å². The van der Waals surface area contributed by atoms with Crippen LogP contribution in [0.15, 0.2) is 0 Å². The summed E-state index contributed by atoms with van der Waals surface area (Å²) in [7, 11) is 1.29. The van der Waals surface area contributed by atoms with Gasteiger partial charge in [-0.3, -0.25) is 0 Å². The third-order valence-corrected chi connectivity index (χ3v) is 3.20. The molecule has 0 aliphatic heterocycles. The van der Waals surface area contributed by atoms with Crippen molar-refractivity contribution < 1.29 is 14.6 Å². The summed E-state index contributed by atoms with van der Waals surface area (Å²) >= 11 is 0. The number of hydrogen-bond donors (Lipinski definition) is 2. The van der Waals surface area contributed by atoms with Gasteiger partial charge in [-0.2, -0.15) is 0 Å². The van der Waals surface area contributed by atoms with Crippen LogP contribution in [-0.2, 0) is 9.53 Å². The number of nitrogens with one attached hydrogen (secondary N) is 1. The van der Waals surface area contributed by atoms with Crippen molar-refractivity contribution in [2.24, 2.45) is 5.92 Å². The highest BCUT2D eigenvalue weighted by Crippen LogP contribution is 2.25. The normalized spacial score (nSPS) is 29.9. The molecule has 0 amide bonds. The summed E-state index contributed by atoms with van der Waals surface area (Å²) in [6.07, 6.45) is 3.57. The fourth-order valence-electron chi connectivity index (χ4n) is 2.07. The second-order valence-corrected chi connectivity index (χ2v) is 4.66. The first-order valence-corrected chi connectivity index (χ1v) is 5.51. The molecule has 0 spiro atoms. The predicted molar refractivity (Wildman–Crippen MR) is 57.4 cm³/mol. The second-order valence-electron chi connectivity index (χ2n) is 4.66. The summed E-state index contributed by atoms with van der Waals surface area (Å²) in [4.78, 5) is 11.2. The molecule has 1 saturated carbocycles. The van der Waals surface area contributed by atoms with Crippen LogP contribution in [0.1, 0.15) is 33.1 Å². The van der Waals surface area contributed by atoms with Crippen molar-refractivity contribution in [3.8, 4) is 0 Å². The molecule has 3 unspecified atom stereocenters.